The SMILES string of the molecule is C=CS[C@@H](CC(C)C)C(=O)O. The lowest BCUT2D eigenvalue weighted by atomic mass is 10.1. The summed E-state index contributed by atoms with van der Waals surface area (Å²) >= 11 is 1.28. The van der Waals surface area contributed by atoms with Crippen LogP contribution in [0.2, 0.25) is 0 Å². The van der Waals surface area contributed by atoms with Crippen LogP contribution in [0.3, 0.4) is 0 Å². The van der Waals surface area contributed by atoms with Crippen molar-refractivity contribution >= 4 is 17.7 Å². The summed E-state index contributed by atoms with van der Waals surface area (Å²) in [5.41, 5.74) is 0. The van der Waals surface area contributed by atoms with Crippen LogP contribution in [0.15, 0.2) is 12.0 Å². The zero-order valence-corrected chi connectivity index (χ0v) is 7.73. The van der Waals surface area contributed by atoms with Crippen molar-refractivity contribution in [2.75, 3.05) is 0 Å². The highest BCUT2D eigenvalue weighted by Gasteiger charge is 2.17. The Morgan fingerprint density at radius 1 is 1.73 bits per heavy atom. The van der Waals surface area contributed by atoms with E-state index in [0.717, 1.165) is 0 Å². The summed E-state index contributed by atoms with van der Waals surface area (Å²) in [6.07, 6.45) is 0.700. The molecule has 0 amide bonds. The van der Waals surface area contributed by atoms with Crippen molar-refractivity contribution in [3.8, 4) is 0 Å². The zero-order chi connectivity index (χ0) is 8.85. The Morgan fingerprint density at radius 2 is 2.27 bits per heavy atom. The van der Waals surface area contributed by atoms with Gasteiger partial charge in [-0.05, 0) is 17.7 Å². The highest BCUT2D eigenvalue weighted by molar-refractivity contribution is 8.03. The third-order valence-corrected chi connectivity index (χ3v) is 2.14. The largest absolute Gasteiger partial charge is 0.480 e. The molecule has 0 unspecified atom stereocenters. The fourth-order valence-electron chi connectivity index (χ4n) is 0.759. The molecule has 0 aromatic carbocycles. The molecule has 2 nitrogen and oxygen atoms in total. The van der Waals surface area contributed by atoms with E-state index < -0.39 is 5.97 Å². The molecule has 0 aromatic heterocycles. The first-order valence-corrected chi connectivity index (χ1v) is 4.51. The molecule has 0 bridgehead atoms. The molecule has 0 spiro atoms. The molecule has 11 heavy (non-hydrogen) atoms. The van der Waals surface area contributed by atoms with E-state index in [1.54, 1.807) is 5.41 Å². The summed E-state index contributed by atoms with van der Waals surface area (Å²) in [5, 5.41) is 9.94. The molecular weight excluding hydrogens is 160 g/mol. The Kier molecular flexibility index (Phi) is 5.03. The maximum Gasteiger partial charge on any atom is 0.316 e. The van der Waals surface area contributed by atoms with Crippen LogP contribution in [0.5, 0.6) is 0 Å². The Morgan fingerprint density at radius 3 is 2.55 bits per heavy atom. The van der Waals surface area contributed by atoms with Gasteiger partial charge in [-0.2, -0.15) is 0 Å². The number of rotatable bonds is 5. The Balaban J connectivity index is 3.88. The zero-order valence-electron chi connectivity index (χ0n) is 6.91. The molecule has 0 aliphatic rings. The van der Waals surface area contributed by atoms with Crippen molar-refractivity contribution in [1.82, 2.24) is 0 Å². The van der Waals surface area contributed by atoms with Gasteiger partial charge in [0.05, 0.1) is 0 Å². The minimum absolute atomic E-state index is 0.326. The standard InChI is InChI=1S/C8H14O2S/c1-4-11-7(8(9)10)5-6(2)3/h4,6-7H,1,5H2,2-3H3,(H,9,10)/t7-/m0/s1. The predicted molar refractivity (Wildman–Crippen MR) is 48.7 cm³/mol. The summed E-state index contributed by atoms with van der Waals surface area (Å²) in [5.74, 6) is -0.327. The second-order valence-corrected chi connectivity index (χ2v) is 3.93. The van der Waals surface area contributed by atoms with Gasteiger partial charge in [-0.15, -0.1) is 11.8 Å². The average molecular weight is 174 g/mol. The van der Waals surface area contributed by atoms with E-state index in [4.69, 9.17) is 5.11 Å². The molecule has 0 aliphatic heterocycles. The monoisotopic (exact) mass is 174 g/mol. The fourth-order valence-corrected chi connectivity index (χ4v) is 1.60. The summed E-state index contributed by atoms with van der Waals surface area (Å²) in [6.45, 7) is 7.52. The molecule has 64 valence electrons. The lowest BCUT2D eigenvalue weighted by Crippen LogP contribution is -2.17. The smallest absolute Gasteiger partial charge is 0.316 e. The van der Waals surface area contributed by atoms with Crippen LogP contribution < -0.4 is 0 Å². The number of thioether (sulfide) groups is 1. The molecular formula is C8H14O2S. The third kappa shape index (κ3) is 4.90. The number of carbonyl (C=O) groups is 1. The van der Waals surface area contributed by atoms with Crippen molar-refractivity contribution in [2.24, 2.45) is 5.92 Å². The van der Waals surface area contributed by atoms with E-state index in [2.05, 4.69) is 6.58 Å². The number of aliphatic carboxylic acids is 1. The van der Waals surface area contributed by atoms with Gasteiger partial charge in [0.25, 0.3) is 0 Å². The maximum atomic E-state index is 10.6. The van der Waals surface area contributed by atoms with Crippen LogP contribution in [0.25, 0.3) is 0 Å². The van der Waals surface area contributed by atoms with Gasteiger partial charge in [0.2, 0.25) is 0 Å². The van der Waals surface area contributed by atoms with Crippen molar-refractivity contribution in [2.45, 2.75) is 25.5 Å². The van der Waals surface area contributed by atoms with E-state index in [0.29, 0.717) is 12.3 Å². The number of carboxylic acids is 1. The van der Waals surface area contributed by atoms with Gasteiger partial charge in [0.1, 0.15) is 5.25 Å². The lowest BCUT2D eigenvalue weighted by molar-refractivity contribution is -0.136. The van der Waals surface area contributed by atoms with Crippen LogP contribution >= 0.6 is 11.8 Å². The van der Waals surface area contributed by atoms with Gasteiger partial charge in [0.15, 0.2) is 0 Å². The maximum absolute atomic E-state index is 10.6. The quantitative estimate of drug-likeness (QED) is 0.695. The van der Waals surface area contributed by atoms with Crippen LogP contribution in [-0.4, -0.2) is 16.3 Å². The first kappa shape index (κ1) is 10.6. The summed E-state index contributed by atoms with van der Waals surface area (Å²) in [7, 11) is 0. The van der Waals surface area contributed by atoms with Crippen LogP contribution in [0.4, 0.5) is 0 Å². The molecule has 0 radical (unpaired) electrons. The second kappa shape index (κ2) is 5.24. The van der Waals surface area contributed by atoms with Crippen molar-refractivity contribution in [1.29, 1.82) is 0 Å². The summed E-state index contributed by atoms with van der Waals surface area (Å²) in [4.78, 5) is 10.6. The first-order chi connectivity index (χ1) is 5.07. The van der Waals surface area contributed by atoms with Gasteiger partial charge in [0, 0.05) is 0 Å². The van der Waals surface area contributed by atoms with E-state index in [-0.39, 0.29) is 5.25 Å². The van der Waals surface area contributed by atoms with Crippen LogP contribution in [0.1, 0.15) is 20.3 Å². The molecule has 0 rings (SSSR count). The third-order valence-electron chi connectivity index (χ3n) is 1.22. The van der Waals surface area contributed by atoms with E-state index in [1.807, 2.05) is 13.8 Å². The molecule has 0 fully saturated rings. The number of hydrogen-bond donors (Lipinski definition) is 1. The minimum atomic E-state index is -0.747. The molecule has 1 atom stereocenters. The normalized spacial score (nSPS) is 13.0. The van der Waals surface area contributed by atoms with E-state index in [1.165, 1.54) is 11.8 Å². The van der Waals surface area contributed by atoms with Crippen LogP contribution in [0, 0.1) is 5.92 Å². The van der Waals surface area contributed by atoms with Gasteiger partial charge < -0.3 is 5.11 Å². The molecule has 0 saturated heterocycles. The van der Waals surface area contributed by atoms with E-state index >= 15 is 0 Å². The molecule has 0 saturated carbocycles. The van der Waals surface area contributed by atoms with Crippen molar-refractivity contribution < 1.29 is 9.90 Å². The van der Waals surface area contributed by atoms with Gasteiger partial charge in [-0.3, -0.25) is 4.79 Å². The van der Waals surface area contributed by atoms with Gasteiger partial charge >= 0.3 is 5.97 Å². The van der Waals surface area contributed by atoms with E-state index in [9.17, 15) is 4.79 Å². The van der Waals surface area contributed by atoms with Gasteiger partial charge in [-0.1, -0.05) is 20.4 Å². The number of carboxylic acid groups (broad SMARTS) is 1. The highest BCUT2D eigenvalue weighted by Crippen LogP contribution is 2.19. The minimum Gasteiger partial charge on any atom is -0.480 e. The summed E-state index contributed by atoms with van der Waals surface area (Å²) in [6, 6.07) is 0. The molecule has 0 aromatic rings. The average Bonchev–Trinajstić information content (AvgIpc) is 1.86. The molecule has 0 heterocycles. The van der Waals surface area contributed by atoms with Crippen molar-refractivity contribution in [3.63, 3.8) is 0 Å². The predicted octanol–water partition coefficient (Wildman–Crippen LogP) is 2.36. The first-order valence-electron chi connectivity index (χ1n) is 3.57. The topological polar surface area (TPSA) is 37.3 Å². The lowest BCUT2D eigenvalue weighted by Gasteiger charge is -2.10. The second-order valence-electron chi connectivity index (χ2n) is 2.76. The Bertz CT molecular complexity index is 143. The summed E-state index contributed by atoms with van der Waals surface area (Å²) < 4.78 is 0. The molecule has 0 aliphatic carbocycles. The molecule has 3 heteroatoms. The Hall–Kier alpha value is -0.440. The van der Waals surface area contributed by atoms with Gasteiger partial charge in [-0.25, -0.2) is 0 Å². The van der Waals surface area contributed by atoms with Crippen LogP contribution in [-0.2, 0) is 4.79 Å². The Labute approximate surface area is 71.7 Å². The fraction of sp³-hybridized carbons (Fsp3) is 0.625. The highest BCUT2D eigenvalue weighted by atomic mass is 32.2. The molecule has 1 N–H and O–H groups in total. The van der Waals surface area contributed by atoms with Crippen molar-refractivity contribution in [3.05, 3.63) is 12.0 Å². The number of hydrogen-bond acceptors (Lipinski definition) is 2.